The number of hydrogen-bond donors (Lipinski definition) is 1. The van der Waals surface area contributed by atoms with E-state index >= 15 is 0 Å². The zero-order valence-electron chi connectivity index (χ0n) is 12.1. The standard InChI is InChI=1S/C14H24N2O3/c1-13(2,3)14(7-6-10-16(14)12(18)19)11(17)15-8-4-5-9-15/h4-10H2,1-3H3,(H,18,19)/t14-/m1/s1. The predicted octanol–water partition coefficient (Wildman–Crippen LogP) is 2.17. The first kappa shape index (κ1) is 14.2. The molecule has 0 aromatic rings. The van der Waals surface area contributed by atoms with Gasteiger partial charge in [-0.1, -0.05) is 20.8 Å². The van der Waals surface area contributed by atoms with Crippen LogP contribution in [0.3, 0.4) is 0 Å². The molecule has 5 heteroatoms. The van der Waals surface area contributed by atoms with Crippen molar-refractivity contribution in [3.8, 4) is 0 Å². The molecule has 0 spiro atoms. The second-order valence-corrected chi connectivity index (χ2v) is 6.65. The van der Waals surface area contributed by atoms with Crippen LogP contribution in [0.1, 0.15) is 46.5 Å². The number of carbonyl (C=O) groups is 2. The molecule has 5 nitrogen and oxygen atoms in total. The molecule has 0 saturated carbocycles. The summed E-state index contributed by atoms with van der Waals surface area (Å²) in [4.78, 5) is 27.7. The molecule has 2 rings (SSSR count). The molecule has 0 radical (unpaired) electrons. The molecular formula is C14H24N2O3. The second kappa shape index (κ2) is 4.69. The van der Waals surface area contributed by atoms with Gasteiger partial charge in [-0.05, 0) is 31.1 Å². The predicted molar refractivity (Wildman–Crippen MR) is 72.0 cm³/mol. The Bertz CT molecular complexity index is 383. The van der Waals surface area contributed by atoms with Crippen molar-refractivity contribution in [3.05, 3.63) is 0 Å². The summed E-state index contributed by atoms with van der Waals surface area (Å²) in [7, 11) is 0. The summed E-state index contributed by atoms with van der Waals surface area (Å²) in [5, 5.41) is 9.46. The van der Waals surface area contributed by atoms with Crippen molar-refractivity contribution in [3.63, 3.8) is 0 Å². The van der Waals surface area contributed by atoms with Crippen molar-refractivity contribution in [2.75, 3.05) is 19.6 Å². The normalized spacial score (nSPS) is 27.9. The molecule has 1 atom stereocenters. The van der Waals surface area contributed by atoms with Crippen molar-refractivity contribution in [2.24, 2.45) is 5.41 Å². The summed E-state index contributed by atoms with van der Waals surface area (Å²) in [6.45, 7) is 7.92. The number of amides is 2. The highest BCUT2D eigenvalue weighted by molar-refractivity contribution is 5.91. The van der Waals surface area contributed by atoms with Gasteiger partial charge in [0.15, 0.2) is 0 Å². The van der Waals surface area contributed by atoms with Crippen LogP contribution in [0.25, 0.3) is 0 Å². The fourth-order valence-corrected chi connectivity index (χ4v) is 3.58. The van der Waals surface area contributed by atoms with Crippen molar-refractivity contribution in [2.45, 2.75) is 52.0 Å². The number of carbonyl (C=O) groups excluding carboxylic acids is 1. The molecule has 19 heavy (non-hydrogen) atoms. The zero-order chi connectivity index (χ0) is 14.3. The monoisotopic (exact) mass is 268 g/mol. The van der Waals surface area contributed by atoms with Gasteiger partial charge in [0.25, 0.3) is 0 Å². The molecule has 0 aromatic heterocycles. The van der Waals surface area contributed by atoms with Crippen LogP contribution in [-0.2, 0) is 4.79 Å². The lowest BCUT2D eigenvalue weighted by Crippen LogP contribution is -2.64. The first-order chi connectivity index (χ1) is 8.80. The highest BCUT2D eigenvalue weighted by Crippen LogP contribution is 2.45. The molecule has 108 valence electrons. The summed E-state index contributed by atoms with van der Waals surface area (Å²) in [6.07, 6.45) is 2.49. The van der Waals surface area contributed by atoms with E-state index in [-0.39, 0.29) is 11.3 Å². The van der Waals surface area contributed by atoms with Crippen LogP contribution < -0.4 is 0 Å². The minimum Gasteiger partial charge on any atom is -0.465 e. The van der Waals surface area contributed by atoms with E-state index in [1.165, 1.54) is 4.90 Å². The van der Waals surface area contributed by atoms with Crippen LogP contribution in [0.15, 0.2) is 0 Å². The van der Waals surface area contributed by atoms with E-state index in [2.05, 4.69) is 0 Å². The molecule has 0 aromatic carbocycles. The summed E-state index contributed by atoms with van der Waals surface area (Å²) >= 11 is 0. The maximum Gasteiger partial charge on any atom is 0.408 e. The third kappa shape index (κ3) is 2.09. The van der Waals surface area contributed by atoms with E-state index in [1.807, 2.05) is 25.7 Å². The van der Waals surface area contributed by atoms with Gasteiger partial charge in [-0.3, -0.25) is 9.69 Å². The van der Waals surface area contributed by atoms with E-state index in [9.17, 15) is 14.7 Å². The Morgan fingerprint density at radius 3 is 2.11 bits per heavy atom. The first-order valence-electron chi connectivity index (χ1n) is 7.10. The van der Waals surface area contributed by atoms with Gasteiger partial charge in [-0.15, -0.1) is 0 Å². The number of rotatable bonds is 1. The fraction of sp³-hybridized carbons (Fsp3) is 0.857. The fourth-order valence-electron chi connectivity index (χ4n) is 3.58. The molecule has 2 aliphatic rings. The van der Waals surface area contributed by atoms with Gasteiger partial charge in [0.05, 0.1) is 0 Å². The Morgan fingerprint density at radius 2 is 1.63 bits per heavy atom. The van der Waals surface area contributed by atoms with Crippen LogP contribution in [0.4, 0.5) is 4.79 Å². The van der Waals surface area contributed by atoms with Gasteiger partial charge in [0.2, 0.25) is 5.91 Å². The van der Waals surface area contributed by atoms with Crippen molar-refractivity contribution in [1.82, 2.24) is 9.80 Å². The Morgan fingerprint density at radius 1 is 1.05 bits per heavy atom. The van der Waals surface area contributed by atoms with E-state index in [0.29, 0.717) is 13.0 Å². The molecule has 0 unspecified atom stereocenters. The Kier molecular flexibility index (Phi) is 3.49. The van der Waals surface area contributed by atoms with Crippen LogP contribution in [0.2, 0.25) is 0 Å². The topological polar surface area (TPSA) is 60.9 Å². The van der Waals surface area contributed by atoms with Crippen LogP contribution in [-0.4, -0.2) is 52.1 Å². The zero-order valence-corrected chi connectivity index (χ0v) is 12.1. The third-order valence-electron chi connectivity index (χ3n) is 4.60. The first-order valence-corrected chi connectivity index (χ1v) is 7.10. The van der Waals surface area contributed by atoms with Gasteiger partial charge in [-0.2, -0.15) is 0 Å². The minimum absolute atomic E-state index is 0.0115. The average molecular weight is 268 g/mol. The van der Waals surface area contributed by atoms with Gasteiger partial charge in [0.1, 0.15) is 5.54 Å². The van der Waals surface area contributed by atoms with E-state index < -0.39 is 11.6 Å². The Hall–Kier alpha value is -1.26. The molecule has 1 N–H and O–H groups in total. The number of likely N-dealkylation sites (tertiary alicyclic amines) is 2. The van der Waals surface area contributed by atoms with E-state index in [4.69, 9.17) is 0 Å². The SMILES string of the molecule is CC(C)(C)[C@]1(C(=O)N2CCCC2)CCCN1C(=O)O. The summed E-state index contributed by atoms with van der Waals surface area (Å²) < 4.78 is 0. The number of hydrogen-bond acceptors (Lipinski definition) is 2. The second-order valence-electron chi connectivity index (χ2n) is 6.65. The van der Waals surface area contributed by atoms with Crippen LogP contribution in [0.5, 0.6) is 0 Å². The van der Waals surface area contributed by atoms with Crippen LogP contribution >= 0.6 is 0 Å². The highest BCUT2D eigenvalue weighted by Gasteiger charge is 2.58. The summed E-state index contributed by atoms with van der Waals surface area (Å²) in [6, 6.07) is 0. The van der Waals surface area contributed by atoms with Gasteiger partial charge in [-0.25, -0.2) is 4.79 Å². The van der Waals surface area contributed by atoms with E-state index in [1.54, 1.807) is 0 Å². The number of carboxylic acid groups (broad SMARTS) is 1. The van der Waals surface area contributed by atoms with Crippen LogP contribution in [0, 0.1) is 5.41 Å². The average Bonchev–Trinajstić information content (AvgIpc) is 2.97. The smallest absolute Gasteiger partial charge is 0.408 e. The molecule has 2 aliphatic heterocycles. The third-order valence-corrected chi connectivity index (χ3v) is 4.60. The van der Waals surface area contributed by atoms with Crippen molar-refractivity contribution in [1.29, 1.82) is 0 Å². The van der Waals surface area contributed by atoms with Gasteiger partial charge >= 0.3 is 6.09 Å². The largest absolute Gasteiger partial charge is 0.465 e. The lowest BCUT2D eigenvalue weighted by Gasteiger charge is -2.47. The van der Waals surface area contributed by atoms with Gasteiger partial charge < -0.3 is 10.0 Å². The summed E-state index contributed by atoms with van der Waals surface area (Å²) in [5.41, 5.74) is -1.27. The molecule has 2 heterocycles. The highest BCUT2D eigenvalue weighted by atomic mass is 16.4. The van der Waals surface area contributed by atoms with Crippen molar-refractivity contribution >= 4 is 12.0 Å². The lowest BCUT2D eigenvalue weighted by molar-refractivity contribution is -0.147. The van der Waals surface area contributed by atoms with Crippen molar-refractivity contribution < 1.29 is 14.7 Å². The lowest BCUT2D eigenvalue weighted by atomic mass is 9.70. The molecule has 0 bridgehead atoms. The Labute approximate surface area is 114 Å². The van der Waals surface area contributed by atoms with Gasteiger partial charge in [0, 0.05) is 19.6 Å². The molecule has 2 amide bonds. The maximum absolute atomic E-state index is 13.0. The summed E-state index contributed by atoms with van der Waals surface area (Å²) in [5.74, 6) is 0.0115. The molecule has 2 saturated heterocycles. The number of nitrogens with zero attached hydrogens (tertiary/aromatic N) is 2. The minimum atomic E-state index is -0.972. The molecule has 0 aliphatic carbocycles. The molecular weight excluding hydrogens is 244 g/mol. The Balaban J connectivity index is 2.40. The molecule has 2 fully saturated rings. The quantitative estimate of drug-likeness (QED) is 0.792. The van der Waals surface area contributed by atoms with E-state index in [0.717, 1.165) is 32.4 Å². The maximum atomic E-state index is 13.0.